The van der Waals surface area contributed by atoms with Crippen molar-refractivity contribution < 1.29 is 4.79 Å². The first-order chi connectivity index (χ1) is 7.41. The van der Waals surface area contributed by atoms with Gasteiger partial charge < -0.3 is 5.32 Å². The number of hydrogen-bond acceptors (Lipinski definition) is 2. The van der Waals surface area contributed by atoms with Gasteiger partial charge in [-0.1, -0.05) is 19.9 Å². The summed E-state index contributed by atoms with van der Waals surface area (Å²) in [5.74, 6) is 0.150. The van der Waals surface area contributed by atoms with Gasteiger partial charge in [0.15, 0.2) is 0 Å². The number of rotatable bonds is 3. The highest BCUT2D eigenvalue weighted by molar-refractivity contribution is 9.10. The molecule has 0 saturated carbocycles. The maximum Gasteiger partial charge on any atom is 0.237 e. The highest BCUT2D eigenvalue weighted by Gasteiger charge is 2.18. The molecular weight excluding hydrogens is 286 g/mol. The maximum atomic E-state index is 11.8. The number of aryl methyl sites for hydroxylation is 1. The van der Waals surface area contributed by atoms with Crippen LogP contribution in [0.1, 0.15) is 19.4 Å². The molecule has 0 radical (unpaired) electrons. The van der Waals surface area contributed by atoms with Gasteiger partial charge in [-0.25, -0.2) is 0 Å². The Kier molecular flexibility index (Phi) is 4.87. The van der Waals surface area contributed by atoms with E-state index in [-0.39, 0.29) is 17.1 Å². The highest BCUT2D eigenvalue weighted by Crippen LogP contribution is 2.24. The van der Waals surface area contributed by atoms with Crippen LogP contribution in [0.15, 0.2) is 22.7 Å². The Hall–Kier alpha value is -0.480. The van der Waals surface area contributed by atoms with Crippen molar-refractivity contribution in [2.75, 3.05) is 5.32 Å². The Balaban J connectivity index is 2.80. The zero-order chi connectivity index (χ0) is 12.3. The first kappa shape index (κ1) is 13.6. The normalized spacial score (nSPS) is 12.6. The van der Waals surface area contributed by atoms with E-state index < -0.39 is 0 Å². The van der Waals surface area contributed by atoms with E-state index in [0.717, 1.165) is 15.7 Å². The van der Waals surface area contributed by atoms with Crippen molar-refractivity contribution in [3.05, 3.63) is 28.2 Å². The quantitative estimate of drug-likeness (QED) is 0.820. The fraction of sp³-hybridized carbons (Fsp3) is 0.417. The number of carbonyl (C=O) groups is 1. The molecule has 1 rings (SSSR count). The number of carbonyl (C=O) groups excluding carboxylic acids is 1. The van der Waals surface area contributed by atoms with Gasteiger partial charge in [0, 0.05) is 4.47 Å². The number of halogens is 1. The predicted octanol–water partition coefficient (Wildman–Crippen LogP) is 3.65. The van der Waals surface area contributed by atoms with Gasteiger partial charge in [0.1, 0.15) is 0 Å². The third kappa shape index (κ3) is 3.52. The monoisotopic (exact) mass is 301 g/mol. The topological polar surface area (TPSA) is 29.1 Å². The van der Waals surface area contributed by atoms with Crippen molar-refractivity contribution in [3.63, 3.8) is 0 Å². The van der Waals surface area contributed by atoms with E-state index >= 15 is 0 Å². The number of hydrogen-bond donors (Lipinski definition) is 2. The molecule has 0 fully saturated rings. The third-order valence-electron chi connectivity index (χ3n) is 2.28. The Morgan fingerprint density at radius 3 is 2.62 bits per heavy atom. The number of benzene rings is 1. The first-order valence-corrected chi connectivity index (χ1v) is 6.48. The lowest BCUT2D eigenvalue weighted by atomic mass is 10.1. The molecule has 88 valence electrons. The molecule has 1 aromatic rings. The number of nitrogens with one attached hydrogen (secondary N) is 1. The predicted molar refractivity (Wildman–Crippen MR) is 75.1 cm³/mol. The average Bonchev–Trinajstić information content (AvgIpc) is 2.22. The fourth-order valence-electron chi connectivity index (χ4n) is 1.24. The summed E-state index contributed by atoms with van der Waals surface area (Å²) in [6.07, 6.45) is 0. The van der Waals surface area contributed by atoms with Crippen molar-refractivity contribution >= 4 is 40.2 Å². The Morgan fingerprint density at radius 1 is 1.44 bits per heavy atom. The largest absolute Gasteiger partial charge is 0.324 e. The molecule has 0 aliphatic rings. The van der Waals surface area contributed by atoms with Gasteiger partial charge in [0.25, 0.3) is 0 Å². The molecule has 1 amide bonds. The van der Waals surface area contributed by atoms with Crippen molar-refractivity contribution in [3.8, 4) is 0 Å². The third-order valence-corrected chi connectivity index (χ3v) is 3.80. The van der Waals surface area contributed by atoms with Crippen LogP contribution in [0.3, 0.4) is 0 Å². The molecular formula is C12H16BrNOS. The molecule has 2 nitrogen and oxygen atoms in total. The molecule has 0 saturated heterocycles. The minimum absolute atomic E-state index is 0.0652. The smallest absolute Gasteiger partial charge is 0.237 e. The lowest BCUT2D eigenvalue weighted by Gasteiger charge is -2.15. The summed E-state index contributed by atoms with van der Waals surface area (Å²) in [4.78, 5) is 11.8. The van der Waals surface area contributed by atoms with Crippen LogP contribution in [0.2, 0.25) is 0 Å². The molecule has 1 N–H and O–H groups in total. The van der Waals surface area contributed by atoms with E-state index in [1.807, 2.05) is 39.0 Å². The van der Waals surface area contributed by atoms with E-state index in [4.69, 9.17) is 0 Å². The number of thiol groups is 1. The van der Waals surface area contributed by atoms with Crippen molar-refractivity contribution in [2.45, 2.75) is 26.0 Å². The number of amides is 1. The Labute approximate surface area is 110 Å². The molecule has 1 atom stereocenters. The lowest BCUT2D eigenvalue weighted by molar-refractivity contribution is -0.116. The highest BCUT2D eigenvalue weighted by atomic mass is 79.9. The van der Waals surface area contributed by atoms with Crippen LogP contribution in [0.25, 0.3) is 0 Å². The Morgan fingerprint density at radius 2 is 2.06 bits per heavy atom. The van der Waals surface area contributed by atoms with Crippen molar-refractivity contribution in [1.82, 2.24) is 0 Å². The van der Waals surface area contributed by atoms with Gasteiger partial charge >= 0.3 is 0 Å². The van der Waals surface area contributed by atoms with Gasteiger partial charge in [0.05, 0.1) is 10.9 Å². The van der Waals surface area contributed by atoms with Crippen LogP contribution in [-0.2, 0) is 4.79 Å². The minimum atomic E-state index is -0.285. The van der Waals surface area contributed by atoms with Crippen LogP contribution in [0.4, 0.5) is 5.69 Å². The van der Waals surface area contributed by atoms with Gasteiger partial charge in [-0.2, -0.15) is 12.6 Å². The molecule has 0 aromatic heterocycles. The Bertz CT molecular complexity index is 393. The molecule has 16 heavy (non-hydrogen) atoms. The van der Waals surface area contributed by atoms with Gasteiger partial charge in [-0.15, -0.1) is 0 Å². The van der Waals surface area contributed by atoms with E-state index in [0.29, 0.717) is 0 Å². The summed E-state index contributed by atoms with van der Waals surface area (Å²) in [5, 5.41) is 2.59. The average molecular weight is 302 g/mol. The van der Waals surface area contributed by atoms with Crippen LogP contribution in [0, 0.1) is 12.8 Å². The maximum absolute atomic E-state index is 11.8. The van der Waals surface area contributed by atoms with Gasteiger partial charge in [0.2, 0.25) is 5.91 Å². The summed E-state index contributed by atoms with van der Waals surface area (Å²) >= 11 is 7.69. The minimum Gasteiger partial charge on any atom is -0.324 e. The summed E-state index contributed by atoms with van der Waals surface area (Å²) in [7, 11) is 0. The second-order valence-electron chi connectivity index (χ2n) is 4.16. The number of anilines is 1. The van der Waals surface area contributed by atoms with Crippen LogP contribution in [-0.4, -0.2) is 11.2 Å². The first-order valence-electron chi connectivity index (χ1n) is 5.17. The molecule has 0 aliphatic carbocycles. The lowest BCUT2D eigenvalue weighted by Crippen LogP contribution is -2.27. The fourth-order valence-corrected chi connectivity index (χ4v) is 1.65. The SMILES string of the molecule is Cc1ccc(Br)c(NC(=O)C(S)C(C)C)c1. The molecule has 0 spiro atoms. The van der Waals surface area contributed by atoms with Crippen LogP contribution >= 0.6 is 28.6 Å². The van der Waals surface area contributed by atoms with Crippen molar-refractivity contribution in [1.29, 1.82) is 0 Å². The zero-order valence-electron chi connectivity index (χ0n) is 9.62. The van der Waals surface area contributed by atoms with Gasteiger partial charge in [-0.05, 0) is 46.5 Å². The standard InChI is InChI=1S/C12H16BrNOS/c1-7(2)11(16)12(15)14-10-6-8(3)4-5-9(10)13/h4-7,11,16H,1-3H3,(H,14,15). The van der Waals surface area contributed by atoms with E-state index in [1.54, 1.807) is 0 Å². The molecule has 4 heteroatoms. The summed E-state index contributed by atoms with van der Waals surface area (Å²) in [6.45, 7) is 5.94. The summed E-state index contributed by atoms with van der Waals surface area (Å²) in [5.41, 5.74) is 1.91. The molecule has 1 unspecified atom stereocenters. The molecule has 0 aliphatic heterocycles. The summed E-state index contributed by atoms with van der Waals surface area (Å²) in [6, 6.07) is 5.84. The van der Waals surface area contributed by atoms with Gasteiger partial charge in [-0.3, -0.25) is 4.79 Å². The van der Waals surface area contributed by atoms with Crippen LogP contribution in [0.5, 0.6) is 0 Å². The van der Waals surface area contributed by atoms with Crippen molar-refractivity contribution in [2.24, 2.45) is 5.92 Å². The van der Waals surface area contributed by atoms with E-state index in [2.05, 4.69) is 33.9 Å². The van der Waals surface area contributed by atoms with Crippen LogP contribution < -0.4 is 5.32 Å². The van der Waals surface area contributed by atoms with E-state index in [9.17, 15) is 4.79 Å². The summed E-state index contributed by atoms with van der Waals surface area (Å²) < 4.78 is 0.885. The van der Waals surface area contributed by atoms with E-state index in [1.165, 1.54) is 0 Å². The molecule has 1 aromatic carbocycles. The molecule has 0 bridgehead atoms. The zero-order valence-corrected chi connectivity index (χ0v) is 12.1. The second-order valence-corrected chi connectivity index (χ2v) is 5.57. The molecule has 0 heterocycles. The second kappa shape index (κ2) is 5.73.